The number of amides is 1. The molecule has 0 bridgehead atoms. The van der Waals surface area contributed by atoms with Gasteiger partial charge in [-0.3, -0.25) is 14.9 Å². The van der Waals surface area contributed by atoms with E-state index in [1.807, 2.05) is 13.8 Å². The van der Waals surface area contributed by atoms with E-state index in [1.165, 1.54) is 25.1 Å². The van der Waals surface area contributed by atoms with Crippen molar-refractivity contribution < 1.29 is 14.5 Å². The molecule has 9 heteroatoms. The molecule has 3 N–H and O–H groups in total. The van der Waals surface area contributed by atoms with Crippen LogP contribution in [0.2, 0.25) is 5.02 Å². The number of rotatable bonds is 8. The molecule has 0 fully saturated rings. The molecular weight excluding hydrogens is 357 g/mol. The average Bonchev–Trinajstić information content (AvgIpc) is 2.53. The third-order valence-corrected chi connectivity index (χ3v) is 4.16. The summed E-state index contributed by atoms with van der Waals surface area (Å²) in [6.45, 7) is 5.71. The van der Waals surface area contributed by atoms with E-state index >= 15 is 0 Å². The number of halogens is 2. The Morgan fingerprint density at radius 2 is 2.04 bits per heavy atom. The minimum atomic E-state index is -0.904. The number of hydrogen-bond acceptors (Lipinski definition) is 5. The van der Waals surface area contributed by atoms with Crippen molar-refractivity contribution in [3.05, 3.63) is 33.3 Å². The summed E-state index contributed by atoms with van der Waals surface area (Å²) in [5.74, 6) is -0.378. The molecule has 1 unspecified atom stereocenters. The van der Waals surface area contributed by atoms with Crippen molar-refractivity contribution in [2.75, 3.05) is 6.54 Å². The Bertz CT molecular complexity index is 572. The van der Waals surface area contributed by atoms with Crippen LogP contribution < -0.4 is 15.8 Å². The molecule has 0 heterocycles. The average molecular weight is 380 g/mol. The zero-order chi connectivity index (χ0) is 17.6. The zero-order valence-electron chi connectivity index (χ0n) is 13.9. The molecule has 0 aliphatic heterocycles. The maximum Gasteiger partial charge on any atom is 0.312 e. The van der Waals surface area contributed by atoms with E-state index in [-0.39, 0.29) is 34.8 Å². The standard InChI is InChI=1S/C15H22ClN3O4.ClH/c1-4-15(5-2,9-17)18-14(20)10(3)23-13-7-6-11(16)8-12(13)19(21)22;/h6-8,10H,4-5,9,17H2,1-3H3,(H,18,20);1H. The molecule has 0 spiro atoms. The molecule has 0 aliphatic carbocycles. The number of nitrogens with zero attached hydrogens (tertiary/aromatic N) is 1. The summed E-state index contributed by atoms with van der Waals surface area (Å²) in [6.07, 6.45) is 0.456. The van der Waals surface area contributed by atoms with E-state index in [0.717, 1.165) is 0 Å². The van der Waals surface area contributed by atoms with Gasteiger partial charge in [-0.2, -0.15) is 0 Å². The summed E-state index contributed by atoms with van der Waals surface area (Å²) in [5, 5.41) is 14.1. The molecule has 0 aliphatic rings. The molecule has 1 rings (SSSR count). The predicted octanol–water partition coefficient (Wildman–Crippen LogP) is 3.07. The second kappa shape index (κ2) is 9.66. The van der Waals surface area contributed by atoms with Gasteiger partial charge in [0, 0.05) is 17.6 Å². The first kappa shape index (κ1) is 22.4. The third kappa shape index (κ3) is 5.51. The maximum atomic E-state index is 12.3. The summed E-state index contributed by atoms with van der Waals surface area (Å²) in [7, 11) is 0. The molecule has 1 aromatic rings. The minimum Gasteiger partial charge on any atom is -0.474 e. The molecule has 0 radical (unpaired) electrons. The molecule has 0 saturated heterocycles. The van der Waals surface area contributed by atoms with Crippen LogP contribution in [0.5, 0.6) is 5.75 Å². The van der Waals surface area contributed by atoms with Crippen LogP contribution in [0.4, 0.5) is 5.69 Å². The molecule has 1 aromatic carbocycles. The monoisotopic (exact) mass is 379 g/mol. The molecular formula is C15H23Cl2N3O4. The highest BCUT2D eigenvalue weighted by molar-refractivity contribution is 6.30. The third-order valence-electron chi connectivity index (χ3n) is 3.92. The maximum absolute atomic E-state index is 12.3. The summed E-state index contributed by atoms with van der Waals surface area (Å²) in [6, 6.07) is 4.03. The summed E-state index contributed by atoms with van der Waals surface area (Å²) < 4.78 is 5.45. The van der Waals surface area contributed by atoms with E-state index in [4.69, 9.17) is 22.1 Å². The molecule has 24 heavy (non-hydrogen) atoms. The van der Waals surface area contributed by atoms with Gasteiger partial charge in [0.1, 0.15) is 0 Å². The number of ether oxygens (including phenoxy) is 1. The molecule has 136 valence electrons. The molecule has 1 atom stereocenters. The fourth-order valence-corrected chi connectivity index (χ4v) is 2.27. The molecule has 7 nitrogen and oxygen atoms in total. The first-order valence-corrected chi connectivity index (χ1v) is 7.79. The fourth-order valence-electron chi connectivity index (χ4n) is 2.11. The quantitative estimate of drug-likeness (QED) is 0.532. The number of nitro benzene ring substituents is 1. The Kier molecular flexibility index (Phi) is 9.03. The van der Waals surface area contributed by atoms with Gasteiger partial charge in [0.15, 0.2) is 11.9 Å². The second-order valence-electron chi connectivity index (χ2n) is 5.31. The highest BCUT2D eigenvalue weighted by Crippen LogP contribution is 2.30. The van der Waals surface area contributed by atoms with Crippen LogP contribution in [0, 0.1) is 10.1 Å². The highest BCUT2D eigenvalue weighted by Gasteiger charge is 2.30. The van der Waals surface area contributed by atoms with Gasteiger partial charge in [0.25, 0.3) is 5.91 Å². The van der Waals surface area contributed by atoms with Crippen molar-refractivity contribution in [3.8, 4) is 5.75 Å². The molecule has 1 amide bonds. The van der Waals surface area contributed by atoms with Gasteiger partial charge in [-0.05, 0) is 31.9 Å². The van der Waals surface area contributed by atoms with Crippen molar-refractivity contribution in [1.82, 2.24) is 5.32 Å². The SMILES string of the molecule is CCC(CC)(CN)NC(=O)C(C)Oc1ccc(Cl)cc1[N+](=O)[O-].Cl. The number of carbonyl (C=O) groups excluding carboxylic acids is 1. The van der Waals surface area contributed by atoms with Crippen molar-refractivity contribution in [2.45, 2.75) is 45.3 Å². The van der Waals surface area contributed by atoms with Crippen LogP contribution in [0.25, 0.3) is 0 Å². The number of nitro groups is 1. The van der Waals surface area contributed by atoms with Gasteiger partial charge < -0.3 is 15.8 Å². The highest BCUT2D eigenvalue weighted by atomic mass is 35.5. The van der Waals surface area contributed by atoms with Gasteiger partial charge in [0.05, 0.1) is 10.5 Å². The molecule has 0 saturated carbocycles. The Morgan fingerprint density at radius 3 is 2.50 bits per heavy atom. The van der Waals surface area contributed by atoms with Gasteiger partial charge in [0.2, 0.25) is 0 Å². The number of nitrogens with one attached hydrogen (secondary N) is 1. The lowest BCUT2D eigenvalue weighted by atomic mass is 9.92. The van der Waals surface area contributed by atoms with E-state index in [9.17, 15) is 14.9 Å². The Balaban J connectivity index is 0.00000529. The first-order chi connectivity index (χ1) is 10.8. The minimum absolute atomic E-state index is 0. The number of benzene rings is 1. The molecule has 0 aromatic heterocycles. The lowest BCUT2D eigenvalue weighted by Crippen LogP contribution is -2.55. The van der Waals surface area contributed by atoms with Gasteiger partial charge in [-0.25, -0.2) is 0 Å². The van der Waals surface area contributed by atoms with Gasteiger partial charge >= 0.3 is 5.69 Å². The fraction of sp³-hybridized carbons (Fsp3) is 0.533. The van der Waals surface area contributed by atoms with Crippen LogP contribution >= 0.6 is 24.0 Å². The Morgan fingerprint density at radius 1 is 1.46 bits per heavy atom. The lowest BCUT2D eigenvalue weighted by Gasteiger charge is -2.32. The number of hydrogen-bond donors (Lipinski definition) is 2. The summed E-state index contributed by atoms with van der Waals surface area (Å²) in [5.41, 5.74) is 4.97. The Labute approximate surface area is 152 Å². The van der Waals surface area contributed by atoms with Crippen LogP contribution in [0.3, 0.4) is 0 Å². The van der Waals surface area contributed by atoms with Crippen LogP contribution in [0.1, 0.15) is 33.6 Å². The van der Waals surface area contributed by atoms with Crippen molar-refractivity contribution in [2.24, 2.45) is 5.73 Å². The Hall–Kier alpha value is -1.57. The van der Waals surface area contributed by atoms with Gasteiger partial charge in [-0.1, -0.05) is 25.4 Å². The van der Waals surface area contributed by atoms with Crippen LogP contribution in [-0.4, -0.2) is 29.0 Å². The predicted molar refractivity (Wildman–Crippen MR) is 96.0 cm³/mol. The number of nitrogens with two attached hydrogens (primary N) is 1. The van der Waals surface area contributed by atoms with Gasteiger partial charge in [-0.15, -0.1) is 12.4 Å². The summed E-state index contributed by atoms with van der Waals surface area (Å²) >= 11 is 5.75. The van der Waals surface area contributed by atoms with Crippen molar-refractivity contribution in [1.29, 1.82) is 0 Å². The lowest BCUT2D eigenvalue weighted by molar-refractivity contribution is -0.386. The largest absolute Gasteiger partial charge is 0.474 e. The van der Waals surface area contributed by atoms with E-state index < -0.39 is 16.6 Å². The van der Waals surface area contributed by atoms with Crippen LogP contribution in [0.15, 0.2) is 18.2 Å². The zero-order valence-corrected chi connectivity index (χ0v) is 15.4. The first-order valence-electron chi connectivity index (χ1n) is 7.41. The van der Waals surface area contributed by atoms with Crippen LogP contribution in [-0.2, 0) is 4.79 Å². The van der Waals surface area contributed by atoms with Crippen molar-refractivity contribution >= 4 is 35.6 Å². The second-order valence-corrected chi connectivity index (χ2v) is 5.75. The number of carbonyl (C=O) groups is 1. The smallest absolute Gasteiger partial charge is 0.312 e. The topological polar surface area (TPSA) is 107 Å². The van der Waals surface area contributed by atoms with Crippen molar-refractivity contribution in [3.63, 3.8) is 0 Å². The van der Waals surface area contributed by atoms with E-state index in [0.29, 0.717) is 19.4 Å². The summed E-state index contributed by atoms with van der Waals surface area (Å²) in [4.78, 5) is 22.7. The van der Waals surface area contributed by atoms with E-state index in [2.05, 4.69) is 5.32 Å². The normalized spacial score (nSPS) is 12.0. The van der Waals surface area contributed by atoms with E-state index in [1.54, 1.807) is 0 Å².